The molecule has 0 fully saturated rings. The standard InChI is InChI=1S/C17H16F3N/c18-17(19,20)14-7-5-12(6-8-14)11-16-15-4-2-1-3-13(15)9-10-21-16/h1-8,16,21H,9-11H2. The molecule has 110 valence electrons. The van der Waals surface area contributed by atoms with Gasteiger partial charge >= 0.3 is 6.18 Å². The Morgan fingerprint density at radius 1 is 1.00 bits per heavy atom. The Morgan fingerprint density at radius 3 is 2.43 bits per heavy atom. The van der Waals surface area contributed by atoms with E-state index in [4.69, 9.17) is 0 Å². The van der Waals surface area contributed by atoms with Crippen molar-refractivity contribution in [1.29, 1.82) is 0 Å². The predicted octanol–water partition coefficient (Wildman–Crippen LogP) is 4.13. The van der Waals surface area contributed by atoms with Crippen LogP contribution in [0.15, 0.2) is 48.5 Å². The van der Waals surface area contributed by atoms with E-state index in [-0.39, 0.29) is 6.04 Å². The maximum Gasteiger partial charge on any atom is 0.416 e. The first-order chi connectivity index (χ1) is 10.0. The number of hydrogen-bond donors (Lipinski definition) is 1. The van der Waals surface area contributed by atoms with E-state index in [1.807, 2.05) is 12.1 Å². The first-order valence-corrected chi connectivity index (χ1v) is 7.01. The summed E-state index contributed by atoms with van der Waals surface area (Å²) >= 11 is 0. The second-order valence-corrected chi connectivity index (χ2v) is 5.35. The Balaban J connectivity index is 1.79. The zero-order valence-electron chi connectivity index (χ0n) is 11.5. The van der Waals surface area contributed by atoms with Crippen molar-refractivity contribution in [1.82, 2.24) is 5.32 Å². The minimum atomic E-state index is -4.27. The van der Waals surface area contributed by atoms with Gasteiger partial charge in [0.1, 0.15) is 0 Å². The summed E-state index contributed by atoms with van der Waals surface area (Å²) in [4.78, 5) is 0. The molecule has 0 bridgehead atoms. The van der Waals surface area contributed by atoms with Gasteiger partial charge in [0.25, 0.3) is 0 Å². The van der Waals surface area contributed by atoms with E-state index in [0.29, 0.717) is 6.42 Å². The molecule has 0 aromatic heterocycles. The Hall–Kier alpha value is -1.81. The molecule has 0 aliphatic carbocycles. The van der Waals surface area contributed by atoms with Crippen LogP contribution in [0.4, 0.5) is 13.2 Å². The van der Waals surface area contributed by atoms with Crippen molar-refractivity contribution in [3.8, 4) is 0 Å². The molecule has 0 radical (unpaired) electrons. The molecule has 1 N–H and O–H groups in total. The number of hydrogen-bond acceptors (Lipinski definition) is 1. The third-order valence-electron chi connectivity index (χ3n) is 3.94. The molecule has 2 aromatic rings. The Labute approximate surface area is 121 Å². The molecule has 0 spiro atoms. The molecular formula is C17H16F3N. The smallest absolute Gasteiger partial charge is 0.309 e. The molecule has 1 nitrogen and oxygen atoms in total. The molecule has 3 rings (SSSR count). The van der Waals surface area contributed by atoms with Crippen molar-refractivity contribution >= 4 is 0 Å². The summed E-state index contributed by atoms with van der Waals surface area (Å²) in [6.45, 7) is 0.905. The van der Waals surface area contributed by atoms with Crippen LogP contribution >= 0.6 is 0 Å². The van der Waals surface area contributed by atoms with E-state index in [0.717, 1.165) is 30.7 Å². The lowest BCUT2D eigenvalue weighted by molar-refractivity contribution is -0.137. The van der Waals surface area contributed by atoms with Gasteiger partial charge in [0.15, 0.2) is 0 Å². The molecule has 1 aliphatic heterocycles. The normalized spacial score (nSPS) is 18.3. The fraction of sp³-hybridized carbons (Fsp3) is 0.294. The maximum atomic E-state index is 12.6. The minimum Gasteiger partial charge on any atom is -0.309 e. The third kappa shape index (κ3) is 3.10. The monoisotopic (exact) mass is 291 g/mol. The van der Waals surface area contributed by atoms with Crippen LogP contribution in [0.25, 0.3) is 0 Å². The van der Waals surface area contributed by atoms with Crippen molar-refractivity contribution < 1.29 is 13.2 Å². The molecule has 1 aliphatic rings. The molecule has 2 aromatic carbocycles. The van der Waals surface area contributed by atoms with Gasteiger partial charge in [0.05, 0.1) is 5.56 Å². The highest BCUT2D eigenvalue weighted by Crippen LogP contribution is 2.30. The summed E-state index contributed by atoms with van der Waals surface area (Å²) in [7, 11) is 0. The zero-order valence-corrected chi connectivity index (χ0v) is 11.5. The summed E-state index contributed by atoms with van der Waals surface area (Å²) < 4.78 is 37.7. The lowest BCUT2D eigenvalue weighted by Gasteiger charge is -2.27. The molecule has 0 saturated heterocycles. The van der Waals surface area contributed by atoms with Gasteiger partial charge in [-0.15, -0.1) is 0 Å². The second-order valence-electron chi connectivity index (χ2n) is 5.35. The zero-order chi connectivity index (χ0) is 14.9. The van der Waals surface area contributed by atoms with Crippen molar-refractivity contribution in [2.45, 2.75) is 25.1 Å². The van der Waals surface area contributed by atoms with E-state index in [2.05, 4.69) is 17.4 Å². The topological polar surface area (TPSA) is 12.0 Å². The SMILES string of the molecule is FC(F)(F)c1ccc(CC2NCCc3ccccc32)cc1. The number of benzene rings is 2. The van der Waals surface area contributed by atoms with Gasteiger partial charge < -0.3 is 5.32 Å². The van der Waals surface area contributed by atoms with Crippen molar-refractivity contribution in [2.75, 3.05) is 6.54 Å². The van der Waals surface area contributed by atoms with Crippen LogP contribution in [0.5, 0.6) is 0 Å². The molecule has 1 unspecified atom stereocenters. The predicted molar refractivity (Wildman–Crippen MR) is 76.0 cm³/mol. The van der Waals surface area contributed by atoms with E-state index in [1.54, 1.807) is 12.1 Å². The first kappa shape index (κ1) is 14.1. The third-order valence-corrected chi connectivity index (χ3v) is 3.94. The molecule has 4 heteroatoms. The average Bonchev–Trinajstić information content (AvgIpc) is 2.47. The van der Waals surface area contributed by atoms with Gasteiger partial charge in [-0.2, -0.15) is 13.2 Å². The van der Waals surface area contributed by atoms with E-state index in [9.17, 15) is 13.2 Å². The number of halogens is 3. The van der Waals surface area contributed by atoms with Crippen LogP contribution in [0.3, 0.4) is 0 Å². The van der Waals surface area contributed by atoms with Gasteiger partial charge in [-0.25, -0.2) is 0 Å². The Morgan fingerprint density at radius 2 is 1.71 bits per heavy atom. The Kier molecular flexibility index (Phi) is 3.72. The molecule has 0 saturated carbocycles. The highest BCUT2D eigenvalue weighted by Gasteiger charge is 2.30. The van der Waals surface area contributed by atoms with E-state index in [1.165, 1.54) is 11.1 Å². The lowest BCUT2D eigenvalue weighted by Crippen LogP contribution is -2.31. The van der Waals surface area contributed by atoms with Gasteiger partial charge in [-0.1, -0.05) is 36.4 Å². The number of nitrogens with one attached hydrogen (secondary N) is 1. The highest BCUT2D eigenvalue weighted by molar-refractivity contribution is 5.34. The van der Waals surface area contributed by atoms with Crippen molar-refractivity contribution in [3.05, 3.63) is 70.8 Å². The van der Waals surface area contributed by atoms with Crippen molar-refractivity contribution in [2.24, 2.45) is 0 Å². The van der Waals surface area contributed by atoms with Crippen LogP contribution in [-0.4, -0.2) is 6.54 Å². The summed E-state index contributed by atoms with van der Waals surface area (Å²) in [5, 5.41) is 3.45. The van der Waals surface area contributed by atoms with Crippen LogP contribution in [0, 0.1) is 0 Å². The van der Waals surface area contributed by atoms with Crippen LogP contribution in [0.1, 0.15) is 28.3 Å². The average molecular weight is 291 g/mol. The van der Waals surface area contributed by atoms with Crippen LogP contribution in [-0.2, 0) is 19.0 Å². The number of alkyl halides is 3. The molecule has 0 amide bonds. The summed E-state index contributed by atoms with van der Waals surface area (Å²) in [5.41, 5.74) is 2.90. The van der Waals surface area contributed by atoms with Gasteiger partial charge in [0, 0.05) is 6.04 Å². The Bertz CT molecular complexity index is 617. The van der Waals surface area contributed by atoms with Crippen LogP contribution in [0.2, 0.25) is 0 Å². The largest absolute Gasteiger partial charge is 0.416 e. The molecule has 1 heterocycles. The number of rotatable bonds is 2. The van der Waals surface area contributed by atoms with Gasteiger partial charge in [-0.05, 0) is 48.2 Å². The van der Waals surface area contributed by atoms with Crippen molar-refractivity contribution in [3.63, 3.8) is 0 Å². The second kappa shape index (κ2) is 5.53. The summed E-state index contributed by atoms with van der Waals surface area (Å²) in [6.07, 6.45) is -2.57. The molecule has 21 heavy (non-hydrogen) atoms. The first-order valence-electron chi connectivity index (χ1n) is 7.01. The number of fused-ring (bicyclic) bond motifs is 1. The highest BCUT2D eigenvalue weighted by atomic mass is 19.4. The fourth-order valence-electron chi connectivity index (χ4n) is 2.84. The summed E-state index contributed by atoms with van der Waals surface area (Å²) in [5.74, 6) is 0. The fourth-order valence-corrected chi connectivity index (χ4v) is 2.84. The lowest BCUT2D eigenvalue weighted by atomic mass is 9.90. The molecule has 1 atom stereocenters. The van der Waals surface area contributed by atoms with E-state index < -0.39 is 11.7 Å². The minimum absolute atomic E-state index is 0.173. The molecular weight excluding hydrogens is 275 g/mol. The maximum absolute atomic E-state index is 12.6. The summed E-state index contributed by atoms with van der Waals surface area (Å²) in [6, 6.07) is 13.9. The van der Waals surface area contributed by atoms with E-state index >= 15 is 0 Å². The van der Waals surface area contributed by atoms with Gasteiger partial charge in [0.2, 0.25) is 0 Å². The quantitative estimate of drug-likeness (QED) is 0.877. The van der Waals surface area contributed by atoms with Crippen LogP contribution < -0.4 is 5.32 Å². The van der Waals surface area contributed by atoms with Gasteiger partial charge in [-0.3, -0.25) is 0 Å².